The molecule has 0 aliphatic rings. The number of hydrogen-bond donors (Lipinski definition) is 1. The molecule has 1 heterocycles. The van der Waals surface area contributed by atoms with E-state index in [9.17, 15) is 4.79 Å². The Hall–Kier alpha value is -1.78. The van der Waals surface area contributed by atoms with E-state index in [2.05, 4.69) is 29.3 Å². The number of carbonyl (C=O) groups is 1. The molecule has 0 aliphatic carbocycles. The van der Waals surface area contributed by atoms with E-state index in [4.69, 9.17) is 4.42 Å². The predicted molar refractivity (Wildman–Crippen MR) is 77.5 cm³/mol. The van der Waals surface area contributed by atoms with Crippen LogP contribution in [-0.2, 0) is 4.79 Å². The minimum Gasteiger partial charge on any atom is -0.440 e. The molecule has 0 radical (unpaired) electrons. The molecule has 0 unspecified atom stereocenters. The quantitative estimate of drug-likeness (QED) is 0.609. The van der Waals surface area contributed by atoms with Gasteiger partial charge in [0, 0.05) is 25.6 Å². The van der Waals surface area contributed by atoms with E-state index in [-0.39, 0.29) is 5.91 Å². The zero-order chi connectivity index (χ0) is 14.3. The molecule has 1 rings (SSSR count). The maximum Gasteiger partial charge on any atom is 0.240 e. The third-order valence-electron chi connectivity index (χ3n) is 2.66. The first-order valence-corrected chi connectivity index (χ1v) is 6.73. The molecular weight excluding hydrogens is 242 g/mol. The Morgan fingerprint density at radius 1 is 1.42 bits per heavy atom. The van der Waals surface area contributed by atoms with Gasteiger partial charge in [-0.2, -0.15) is 5.10 Å². The molecule has 1 amide bonds. The van der Waals surface area contributed by atoms with Crippen LogP contribution in [0.3, 0.4) is 0 Å². The van der Waals surface area contributed by atoms with Crippen molar-refractivity contribution in [3.8, 4) is 0 Å². The third kappa shape index (κ3) is 5.16. The molecule has 5 heteroatoms. The van der Waals surface area contributed by atoms with Crippen molar-refractivity contribution in [1.29, 1.82) is 0 Å². The number of hydrazone groups is 1. The first-order valence-electron chi connectivity index (χ1n) is 6.73. The lowest BCUT2D eigenvalue weighted by atomic mass is 10.1. The van der Waals surface area contributed by atoms with Crippen LogP contribution in [0.5, 0.6) is 0 Å². The number of nitrogens with zero attached hydrogens (tertiary/aromatic N) is 2. The maximum atomic E-state index is 11.4. The van der Waals surface area contributed by atoms with Crippen LogP contribution in [0.1, 0.15) is 39.9 Å². The van der Waals surface area contributed by atoms with Gasteiger partial charge < -0.3 is 9.32 Å². The van der Waals surface area contributed by atoms with Gasteiger partial charge in [0.2, 0.25) is 5.91 Å². The lowest BCUT2D eigenvalue weighted by Gasteiger charge is -2.16. The summed E-state index contributed by atoms with van der Waals surface area (Å²) in [6.07, 6.45) is 1.99. The Labute approximate surface area is 114 Å². The van der Waals surface area contributed by atoms with Crippen molar-refractivity contribution in [2.45, 2.75) is 34.1 Å². The highest BCUT2D eigenvalue weighted by molar-refractivity contribution is 5.80. The molecule has 0 aliphatic heterocycles. The van der Waals surface area contributed by atoms with Gasteiger partial charge in [0.25, 0.3) is 0 Å². The van der Waals surface area contributed by atoms with Crippen molar-refractivity contribution < 1.29 is 9.21 Å². The molecule has 0 aromatic carbocycles. The zero-order valence-corrected chi connectivity index (χ0v) is 12.1. The summed E-state index contributed by atoms with van der Waals surface area (Å²) in [6.45, 7) is 9.92. The number of anilines is 1. The maximum absolute atomic E-state index is 11.4. The number of furan rings is 1. The summed E-state index contributed by atoms with van der Waals surface area (Å²) < 4.78 is 5.62. The second-order valence-corrected chi connectivity index (χ2v) is 4.74. The van der Waals surface area contributed by atoms with Crippen LogP contribution >= 0.6 is 0 Å². The fourth-order valence-corrected chi connectivity index (χ4v) is 1.70. The van der Waals surface area contributed by atoms with Gasteiger partial charge in [-0.15, -0.1) is 0 Å². The average Bonchev–Trinajstić information content (AvgIpc) is 2.78. The summed E-state index contributed by atoms with van der Waals surface area (Å²) in [6, 6.07) is 3.75. The van der Waals surface area contributed by atoms with Crippen molar-refractivity contribution in [3.05, 3.63) is 17.9 Å². The molecule has 0 fully saturated rings. The Kier molecular flexibility index (Phi) is 6.12. The molecule has 0 saturated heterocycles. The zero-order valence-electron chi connectivity index (χ0n) is 12.1. The normalized spacial score (nSPS) is 11.2. The molecule has 0 spiro atoms. The van der Waals surface area contributed by atoms with Gasteiger partial charge in [-0.1, -0.05) is 13.8 Å². The van der Waals surface area contributed by atoms with E-state index in [1.54, 1.807) is 0 Å². The second kappa shape index (κ2) is 7.61. The summed E-state index contributed by atoms with van der Waals surface area (Å²) in [5, 5.41) is 3.88. The van der Waals surface area contributed by atoms with E-state index < -0.39 is 0 Å². The molecule has 1 N–H and O–H groups in total. The van der Waals surface area contributed by atoms with Crippen molar-refractivity contribution >= 4 is 18.0 Å². The van der Waals surface area contributed by atoms with Crippen LogP contribution in [0.2, 0.25) is 0 Å². The van der Waals surface area contributed by atoms with E-state index in [1.807, 2.05) is 26.0 Å². The highest BCUT2D eigenvalue weighted by atomic mass is 16.4. The molecule has 106 valence electrons. The summed E-state index contributed by atoms with van der Waals surface area (Å²) >= 11 is 0. The van der Waals surface area contributed by atoms with Gasteiger partial charge >= 0.3 is 0 Å². The van der Waals surface area contributed by atoms with Crippen LogP contribution in [0, 0.1) is 5.92 Å². The summed E-state index contributed by atoms with van der Waals surface area (Å²) in [5.41, 5.74) is 2.49. The van der Waals surface area contributed by atoms with E-state index >= 15 is 0 Å². The third-order valence-corrected chi connectivity index (χ3v) is 2.66. The van der Waals surface area contributed by atoms with Crippen molar-refractivity contribution in [1.82, 2.24) is 5.43 Å². The van der Waals surface area contributed by atoms with Crippen molar-refractivity contribution in [3.63, 3.8) is 0 Å². The molecular formula is C14H23N3O2. The highest BCUT2D eigenvalue weighted by Crippen LogP contribution is 2.16. The van der Waals surface area contributed by atoms with Gasteiger partial charge in [-0.05, 0) is 25.8 Å². The molecule has 0 saturated carbocycles. The van der Waals surface area contributed by atoms with Crippen LogP contribution in [0.15, 0.2) is 21.7 Å². The molecule has 1 aromatic rings. The summed E-state index contributed by atoms with van der Waals surface area (Å²) in [5.74, 6) is 1.70. The Morgan fingerprint density at radius 3 is 2.68 bits per heavy atom. The van der Waals surface area contributed by atoms with Crippen LogP contribution < -0.4 is 10.3 Å². The van der Waals surface area contributed by atoms with Crippen LogP contribution in [-0.4, -0.2) is 25.2 Å². The van der Waals surface area contributed by atoms with Crippen molar-refractivity contribution in [2.24, 2.45) is 11.0 Å². The van der Waals surface area contributed by atoms with Crippen LogP contribution in [0.25, 0.3) is 0 Å². The van der Waals surface area contributed by atoms with E-state index in [0.717, 1.165) is 19.0 Å². The van der Waals surface area contributed by atoms with Gasteiger partial charge in [0.1, 0.15) is 5.76 Å². The minimum atomic E-state index is -0.0817. The van der Waals surface area contributed by atoms with Gasteiger partial charge in [0.15, 0.2) is 5.88 Å². The molecule has 1 aromatic heterocycles. The molecule has 5 nitrogen and oxygen atoms in total. The predicted octanol–water partition coefficient (Wildman–Crippen LogP) is 2.62. The molecule has 19 heavy (non-hydrogen) atoms. The van der Waals surface area contributed by atoms with Crippen LogP contribution in [0.4, 0.5) is 5.88 Å². The lowest BCUT2D eigenvalue weighted by molar-refractivity contribution is -0.121. The SMILES string of the molecule is CCN(CC)c1ccc(/C=N\NC(=O)CC(C)C)o1. The van der Waals surface area contributed by atoms with E-state index in [0.29, 0.717) is 18.1 Å². The van der Waals surface area contributed by atoms with E-state index in [1.165, 1.54) is 6.21 Å². The Morgan fingerprint density at radius 2 is 2.11 bits per heavy atom. The first kappa shape index (κ1) is 15.3. The lowest BCUT2D eigenvalue weighted by Crippen LogP contribution is -2.21. The fraction of sp³-hybridized carbons (Fsp3) is 0.571. The van der Waals surface area contributed by atoms with Gasteiger partial charge in [-0.3, -0.25) is 4.79 Å². The number of carbonyl (C=O) groups excluding carboxylic acids is 1. The van der Waals surface area contributed by atoms with Gasteiger partial charge in [0.05, 0.1) is 6.21 Å². The number of hydrogen-bond acceptors (Lipinski definition) is 4. The Balaban J connectivity index is 2.51. The largest absolute Gasteiger partial charge is 0.440 e. The number of nitrogens with one attached hydrogen (secondary N) is 1. The molecule has 0 atom stereocenters. The molecule has 0 bridgehead atoms. The topological polar surface area (TPSA) is 57.8 Å². The summed E-state index contributed by atoms with van der Waals surface area (Å²) in [4.78, 5) is 13.5. The highest BCUT2D eigenvalue weighted by Gasteiger charge is 2.06. The second-order valence-electron chi connectivity index (χ2n) is 4.74. The van der Waals surface area contributed by atoms with Crippen molar-refractivity contribution in [2.75, 3.05) is 18.0 Å². The standard InChI is InChI=1S/C14H23N3O2/c1-5-17(6-2)14-8-7-12(19-14)10-15-16-13(18)9-11(3)4/h7-8,10-11H,5-6,9H2,1-4H3,(H,16,18)/b15-10-. The number of amides is 1. The van der Waals surface area contributed by atoms with Gasteiger partial charge in [-0.25, -0.2) is 5.43 Å². The average molecular weight is 265 g/mol. The number of rotatable bonds is 7. The first-order chi connectivity index (χ1) is 9.06. The summed E-state index contributed by atoms with van der Waals surface area (Å²) in [7, 11) is 0. The minimum absolute atomic E-state index is 0.0817. The smallest absolute Gasteiger partial charge is 0.240 e. The fourth-order valence-electron chi connectivity index (χ4n) is 1.70. The Bertz CT molecular complexity index is 420. The monoisotopic (exact) mass is 265 g/mol.